The van der Waals surface area contributed by atoms with Crippen LogP contribution in [0.2, 0.25) is 0 Å². The quantitative estimate of drug-likeness (QED) is 0.329. The predicted molar refractivity (Wildman–Crippen MR) is 183 cm³/mol. The van der Waals surface area contributed by atoms with Gasteiger partial charge in [-0.2, -0.15) is 5.10 Å². The topological polar surface area (TPSA) is 127 Å². The molecule has 49 heavy (non-hydrogen) atoms. The minimum absolute atomic E-state index is 0.0152. The molecule has 1 saturated carbocycles. The number of carbonyl (C=O) groups is 2. The second-order valence-electron chi connectivity index (χ2n) is 14.5. The van der Waals surface area contributed by atoms with Crippen molar-refractivity contribution >= 4 is 34.2 Å². The van der Waals surface area contributed by atoms with E-state index >= 15 is 0 Å². The van der Waals surface area contributed by atoms with Crippen molar-refractivity contribution in [3.63, 3.8) is 0 Å². The Morgan fingerprint density at radius 3 is 2.57 bits per heavy atom. The molecule has 9 rings (SSSR count). The van der Waals surface area contributed by atoms with Crippen molar-refractivity contribution in [1.29, 1.82) is 0 Å². The number of amides is 2. The van der Waals surface area contributed by atoms with Crippen LogP contribution in [-0.2, 0) is 21.5 Å². The molecule has 4 aromatic rings. The molecule has 1 unspecified atom stereocenters. The van der Waals surface area contributed by atoms with Gasteiger partial charge in [0.05, 0.1) is 16.5 Å². The molecule has 3 saturated heterocycles. The lowest BCUT2D eigenvalue weighted by atomic mass is 9.80. The molecule has 3 aromatic heterocycles. The van der Waals surface area contributed by atoms with Crippen LogP contribution in [0.4, 0.5) is 5.82 Å². The number of anilines is 1. The van der Waals surface area contributed by atoms with Crippen LogP contribution >= 0.6 is 0 Å². The van der Waals surface area contributed by atoms with Crippen molar-refractivity contribution < 1.29 is 14.4 Å². The summed E-state index contributed by atoms with van der Waals surface area (Å²) in [5, 5.41) is 15.0. The van der Waals surface area contributed by atoms with Gasteiger partial charge in [-0.3, -0.25) is 24.1 Å². The highest BCUT2D eigenvalue weighted by atomic mass is 16.7. The predicted octanol–water partition coefficient (Wildman–Crippen LogP) is 3.71. The zero-order chi connectivity index (χ0) is 33.2. The number of benzene rings is 1. The molecule has 13 heteroatoms. The Kier molecular flexibility index (Phi) is 7.31. The second-order valence-corrected chi connectivity index (χ2v) is 14.5. The Balaban J connectivity index is 0.965. The van der Waals surface area contributed by atoms with Crippen LogP contribution in [0.15, 0.2) is 55.0 Å². The first kappa shape index (κ1) is 30.4. The Labute approximate surface area is 284 Å². The molecule has 4 aliphatic heterocycles. The van der Waals surface area contributed by atoms with Crippen LogP contribution in [0.3, 0.4) is 0 Å². The molecule has 1 aromatic carbocycles. The number of likely N-dealkylation sites (tertiary alicyclic amines) is 1. The van der Waals surface area contributed by atoms with Crippen LogP contribution in [0.1, 0.15) is 63.1 Å². The Morgan fingerprint density at radius 1 is 1.04 bits per heavy atom. The highest BCUT2D eigenvalue weighted by Crippen LogP contribution is 2.48. The molecule has 1 N–H and O–H groups in total. The second kappa shape index (κ2) is 11.8. The summed E-state index contributed by atoms with van der Waals surface area (Å²) in [6.45, 7) is 3.22. The van der Waals surface area contributed by atoms with Gasteiger partial charge in [0.1, 0.15) is 31.2 Å². The lowest BCUT2D eigenvalue weighted by molar-refractivity contribution is -0.143. The van der Waals surface area contributed by atoms with Crippen molar-refractivity contribution in [3.05, 3.63) is 60.6 Å². The molecule has 7 heterocycles. The van der Waals surface area contributed by atoms with Crippen molar-refractivity contribution in [2.75, 3.05) is 44.4 Å². The molecule has 2 amide bonds. The van der Waals surface area contributed by atoms with Crippen molar-refractivity contribution in [2.45, 2.75) is 63.1 Å². The van der Waals surface area contributed by atoms with Crippen LogP contribution < -0.4 is 10.4 Å². The summed E-state index contributed by atoms with van der Waals surface area (Å²) in [6.07, 6.45) is 13.1. The average molecular weight is 663 g/mol. The Morgan fingerprint density at radius 2 is 1.88 bits per heavy atom. The van der Waals surface area contributed by atoms with Gasteiger partial charge >= 0.3 is 0 Å². The van der Waals surface area contributed by atoms with Gasteiger partial charge in [0.15, 0.2) is 5.82 Å². The number of rotatable bonds is 6. The fourth-order valence-corrected chi connectivity index (χ4v) is 8.67. The van der Waals surface area contributed by atoms with Gasteiger partial charge in [-0.15, -0.1) is 5.10 Å². The number of hydroxylamine groups is 1. The molecule has 2 spiro atoms. The normalized spacial score (nSPS) is 25.1. The van der Waals surface area contributed by atoms with Crippen molar-refractivity contribution in [1.82, 2.24) is 44.6 Å². The Hall–Kier alpha value is -4.62. The van der Waals surface area contributed by atoms with Crippen molar-refractivity contribution in [2.24, 2.45) is 12.5 Å². The molecule has 5 aliphatic rings. The first-order chi connectivity index (χ1) is 23.9. The highest BCUT2D eigenvalue weighted by Gasteiger charge is 2.55. The number of aryl methyl sites for hydroxylation is 1. The summed E-state index contributed by atoms with van der Waals surface area (Å²) in [6, 6.07) is 12.2. The molecule has 254 valence electrons. The highest BCUT2D eigenvalue weighted by molar-refractivity contribution is 5.92. The largest absolute Gasteiger partial charge is 0.337 e. The lowest BCUT2D eigenvalue weighted by Crippen LogP contribution is -2.63. The fraction of sp³-hybridized carbons (Fsp3) is 0.500. The Bertz CT molecular complexity index is 1940. The number of pyridine rings is 1. The van der Waals surface area contributed by atoms with E-state index < -0.39 is 11.6 Å². The number of carbonyl (C=O) groups excluding carboxylic acids is 2. The molecule has 13 nitrogen and oxygen atoms in total. The molecule has 0 bridgehead atoms. The number of hydrogen-bond acceptors (Lipinski definition) is 9. The molecule has 0 radical (unpaired) electrons. The molecule has 4 fully saturated rings. The summed E-state index contributed by atoms with van der Waals surface area (Å²) in [7, 11) is 1.86. The number of nitrogens with zero attached hydrogens (tertiary/aromatic N) is 9. The van der Waals surface area contributed by atoms with E-state index in [9.17, 15) is 9.59 Å². The maximum absolute atomic E-state index is 14.3. The van der Waals surface area contributed by atoms with E-state index in [4.69, 9.17) is 14.9 Å². The van der Waals surface area contributed by atoms with Gasteiger partial charge < -0.3 is 15.1 Å². The minimum atomic E-state index is -0.546. The van der Waals surface area contributed by atoms with Crippen LogP contribution in [0, 0.1) is 5.41 Å². The number of aromatic nitrogens is 6. The molecule has 2 atom stereocenters. The van der Waals surface area contributed by atoms with E-state index in [-0.39, 0.29) is 23.9 Å². The van der Waals surface area contributed by atoms with Gasteiger partial charge in [-0.25, -0.2) is 14.7 Å². The standard InChI is InChI=1S/C36H42N10O3/c1-42-24-39-32(40-42)27-9-7-25(8-10-27)26-11-18-43(19-12-26)30(47)21-44-29(20-35(34(44)48)15-17-37-22-35)45-28-6-5-16-38-31(28)33(41-45)46-36(23-49-46)13-3-2-4-14-36/h5-11,16,24,29,37H,2-4,12-15,17-23H2,1H3/t29-,35?/m0/s1. The molecule has 1 aliphatic carbocycles. The van der Waals surface area contributed by atoms with Crippen LogP contribution in [0.25, 0.3) is 28.0 Å². The van der Waals surface area contributed by atoms with Gasteiger partial charge in [0, 0.05) is 44.9 Å². The maximum Gasteiger partial charge on any atom is 0.242 e. The zero-order valence-electron chi connectivity index (χ0n) is 27.9. The number of fused-ring (bicyclic) bond motifs is 1. The zero-order valence-corrected chi connectivity index (χ0v) is 27.9. The third-order valence-corrected chi connectivity index (χ3v) is 11.5. The summed E-state index contributed by atoms with van der Waals surface area (Å²) < 4.78 is 3.65. The van der Waals surface area contributed by atoms with Crippen LogP contribution in [0.5, 0.6) is 0 Å². The monoisotopic (exact) mass is 662 g/mol. The van der Waals surface area contributed by atoms with E-state index in [1.165, 1.54) is 24.8 Å². The number of hydrogen-bond donors (Lipinski definition) is 1. The molecular formula is C36H42N10O3. The van der Waals surface area contributed by atoms with E-state index in [0.29, 0.717) is 44.3 Å². The summed E-state index contributed by atoms with van der Waals surface area (Å²) in [5.41, 5.74) is 4.35. The fourth-order valence-electron chi connectivity index (χ4n) is 8.67. The minimum Gasteiger partial charge on any atom is -0.337 e. The van der Waals surface area contributed by atoms with Gasteiger partial charge in [-0.1, -0.05) is 49.6 Å². The van der Waals surface area contributed by atoms with E-state index in [2.05, 4.69) is 33.6 Å². The first-order valence-electron chi connectivity index (χ1n) is 17.6. The van der Waals surface area contributed by atoms with E-state index in [0.717, 1.165) is 54.4 Å². The summed E-state index contributed by atoms with van der Waals surface area (Å²) >= 11 is 0. The smallest absolute Gasteiger partial charge is 0.242 e. The van der Waals surface area contributed by atoms with E-state index in [1.54, 1.807) is 22.1 Å². The molecular weight excluding hydrogens is 620 g/mol. The average Bonchev–Trinajstić information content (AvgIpc) is 3.93. The van der Waals surface area contributed by atoms with Gasteiger partial charge in [0.2, 0.25) is 17.6 Å². The van der Waals surface area contributed by atoms with Crippen LogP contribution in [-0.4, -0.2) is 96.0 Å². The third kappa shape index (κ3) is 5.04. The van der Waals surface area contributed by atoms with Crippen molar-refractivity contribution in [3.8, 4) is 11.4 Å². The first-order valence-corrected chi connectivity index (χ1v) is 17.6. The lowest BCUT2D eigenvalue weighted by Gasteiger charge is -2.53. The summed E-state index contributed by atoms with van der Waals surface area (Å²) in [4.78, 5) is 47.1. The SMILES string of the molecule is Cn1cnc(-c2ccc(C3=CCN(C(=O)CN4C(=O)C5(CCNC5)C[C@@H]4n4nc(N5OCC56CCCCC6)c5ncccc54)CC3)cc2)n1. The van der Waals surface area contributed by atoms with E-state index in [1.807, 2.05) is 46.0 Å². The van der Waals surface area contributed by atoms with Gasteiger partial charge in [0.25, 0.3) is 0 Å². The maximum atomic E-state index is 14.3. The number of nitrogens with one attached hydrogen (secondary N) is 1. The van der Waals surface area contributed by atoms with Gasteiger partial charge in [-0.05, 0) is 55.5 Å². The third-order valence-electron chi connectivity index (χ3n) is 11.5. The summed E-state index contributed by atoms with van der Waals surface area (Å²) in [5.74, 6) is 1.40.